The van der Waals surface area contributed by atoms with Crippen molar-refractivity contribution in [2.45, 2.75) is 24.7 Å². The third kappa shape index (κ3) is 3.79. The van der Waals surface area contributed by atoms with Crippen molar-refractivity contribution in [2.24, 2.45) is 5.92 Å². The molecular formula is C15H19ClN2O3S. The molecule has 1 aliphatic rings. The summed E-state index contributed by atoms with van der Waals surface area (Å²) in [5.41, 5.74) is 0.0828. The maximum atomic E-state index is 12.8. The number of ether oxygens (including phenoxy) is 1. The molecule has 0 bridgehead atoms. The Hall–Kier alpha value is -1.13. The van der Waals surface area contributed by atoms with Gasteiger partial charge in [0, 0.05) is 24.7 Å². The molecule has 1 heterocycles. The second-order valence-electron chi connectivity index (χ2n) is 5.28. The van der Waals surface area contributed by atoms with E-state index in [1.807, 2.05) is 13.0 Å². The standard InChI is InChI=1S/C15H19ClN2O3S/c1-2-21-11-12-4-3-7-18(10-12)22(19,20)15-6-5-14(16)8-13(15)9-17/h5-6,8,12H,2-4,7,10-11H2,1H3/t12-/m1/s1. The average molecular weight is 343 g/mol. The Labute approximate surface area is 136 Å². The van der Waals surface area contributed by atoms with Crippen LogP contribution in [0, 0.1) is 17.2 Å². The molecule has 0 N–H and O–H groups in total. The number of piperidine rings is 1. The molecule has 120 valence electrons. The van der Waals surface area contributed by atoms with E-state index in [9.17, 15) is 8.42 Å². The summed E-state index contributed by atoms with van der Waals surface area (Å²) in [6, 6.07) is 6.20. The summed E-state index contributed by atoms with van der Waals surface area (Å²) >= 11 is 5.84. The Bertz CT molecular complexity index is 670. The number of nitrogens with zero attached hydrogens (tertiary/aromatic N) is 2. The smallest absolute Gasteiger partial charge is 0.244 e. The summed E-state index contributed by atoms with van der Waals surface area (Å²) in [6.45, 7) is 4.01. The van der Waals surface area contributed by atoms with Crippen LogP contribution in [0.15, 0.2) is 23.1 Å². The highest BCUT2D eigenvalue weighted by atomic mass is 35.5. The second kappa shape index (κ2) is 7.42. The lowest BCUT2D eigenvalue weighted by Gasteiger charge is -2.31. The Morgan fingerprint density at radius 1 is 1.50 bits per heavy atom. The highest BCUT2D eigenvalue weighted by molar-refractivity contribution is 7.89. The van der Waals surface area contributed by atoms with Crippen molar-refractivity contribution >= 4 is 21.6 Å². The molecule has 7 heteroatoms. The summed E-state index contributed by atoms with van der Waals surface area (Å²) in [7, 11) is -3.68. The van der Waals surface area contributed by atoms with Crippen molar-refractivity contribution in [3.05, 3.63) is 28.8 Å². The van der Waals surface area contributed by atoms with Crippen LogP contribution in [0.1, 0.15) is 25.3 Å². The fraction of sp³-hybridized carbons (Fsp3) is 0.533. The Balaban J connectivity index is 2.25. The van der Waals surface area contributed by atoms with Gasteiger partial charge in [-0.15, -0.1) is 0 Å². The van der Waals surface area contributed by atoms with Crippen LogP contribution >= 0.6 is 11.6 Å². The van der Waals surface area contributed by atoms with Gasteiger partial charge in [-0.2, -0.15) is 9.57 Å². The molecule has 1 aromatic carbocycles. The number of rotatable bonds is 5. The highest BCUT2D eigenvalue weighted by Crippen LogP contribution is 2.27. The summed E-state index contributed by atoms with van der Waals surface area (Å²) in [4.78, 5) is 0.0245. The van der Waals surface area contributed by atoms with Crippen LogP contribution < -0.4 is 0 Å². The maximum Gasteiger partial charge on any atom is 0.244 e. The number of hydrogen-bond donors (Lipinski definition) is 0. The van der Waals surface area contributed by atoms with Crippen molar-refractivity contribution < 1.29 is 13.2 Å². The van der Waals surface area contributed by atoms with Crippen LogP contribution in [-0.2, 0) is 14.8 Å². The van der Waals surface area contributed by atoms with Crippen molar-refractivity contribution in [1.29, 1.82) is 5.26 Å². The van der Waals surface area contributed by atoms with Gasteiger partial charge in [-0.05, 0) is 43.9 Å². The minimum atomic E-state index is -3.68. The van der Waals surface area contributed by atoms with Gasteiger partial charge in [0.05, 0.1) is 12.2 Å². The number of benzene rings is 1. The molecule has 0 aromatic heterocycles. The van der Waals surface area contributed by atoms with Gasteiger partial charge in [-0.1, -0.05) is 11.6 Å². The normalized spacial score (nSPS) is 19.8. The van der Waals surface area contributed by atoms with E-state index < -0.39 is 10.0 Å². The Kier molecular flexibility index (Phi) is 5.81. The van der Waals surface area contributed by atoms with Crippen LogP contribution in [0.25, 0.3) is 0 Å². The molecular weight excluding hydrogens is 324 g/mol. The number of sulfonamides is 1. The van der Waals surface area contributed by atoms with Crippen molar-refractivity contribution in [1.82, 2.24) is 4.31 Å². The highest BCUT2D eigenvalue weighted by Gasteiger charge is 2.31. The lowest BCUT2D eigenvalue weighted by Crippen LogP contribution is -2.41. The van der Waals surface area contributed by atoms with Gasteiger partial charge in [0.25, 0.3) is 0 Å². The second-order valence-corrected chi connectivity index (χ2v) is 7.63. The van der Waals surface area contributed by atoms with E-state index >= 15 is 0 Å². The molecule has 0 saturated carbocycles. The molecule has 1 aromatic rings. The number of halogens is 1. The molecule has 0 amide bonds. The minimum Gasteiger partial charge on any atom is -0.381 e. The fourth-order valence-electron chi connectivity index (χ4n) is 2.62. The fourth-order valence-corrected chi connectivity index (χ4v) is 4.47. The quantitative estimate of drug-likeness (QED) is 0.824. The molecule has 1 aliphatic heterocycles. The zero-order chi connectivity index (χ0) is 16.2. The van der Waals surface area contributed by atoms with Gasteiger partial charge in [0.15, 0.2) is 0 Å². The van der Waals surface area contributed by atoms with Crippen LogP contribution in [0.4, 0.5) is 0 Å². The van der Waals surface area contributed by atoms with Gasteiger partial charge in [-0.3, -0.25) is 0 Å². The van der Waals surface area contributed by atoms with Crippen LogP contribution in [0.2, 0.25) is 5.02 Å². The molecule has 0 radical (unpaired) electrons. The van der Waals surface area contributed by atoms with E-state index in [0.29, 0.717) is 31.3 Å². The lowest BCUT2D eigenvalue weighted by atomic mass is 10.0. The van der Waals surface area contributed by atoms with Gasteiger partial charge in [0.1, 0.15) is 11.0 Å². The zero-order valence-corrected chi connectivity index (χ0v) is 14.0. The van der Waals surface area contributed by atoms with E-state index in [1.54, 1.807) is 0 Å². The number of hydrogen-bond acceptors (Lipinski definition) is 4. The van der Waals surface area contributed by atoms with Gasteiger partial charge >= 0.3 is 0 Å². The molecule has 2 rings (SSSR count). The molecule has 22 heavy (non-hydrogen) atoms. The van der Waals surface area contributed by atoms with Crippen LogP contribution in [-0.4, -0.2) is 39.0 Å². The summed E-state index contributed by atoms with van der Waals surface area (Å²) < 4.78 is 32.4. The largest absolute Gasteiger partial charge is 0.381 e. The van der Waals surface area contributed by atoms with E-state index in [4.69, 9.17) is 21.6 Å². The predicted molar refractivity (Wildman–Crippen MR) is 84.1 cm³/mol. The van der Waals surface area contributed by atoms with Gasteiger partial charge in [0.2, 0.25) is 10.0 Å². The summed E-state index contributed by atoms with van der Waals surface area (Å²) in [5, 5.41) is 9.51. The van der Waals surface area contributed by atoms with Gasteiger partial charge in [-0.25, -0.2) is 8.42 Å². The maximum absolute atomic E-state index is 12.8. The topological polar surface area (TPSA) is 70.4 Å². The first-order chi connectivity index (χ1) is 10.5. The summed E-state index contributed by atoms with van der Waals surface area (Å²) in [5.74, 6) is 0.196. The molecule has 1 atom stereocenters. The van der Waals surface area contributed by atoms with Crippen LogP contribution in [0.3, 0.4) is 0 Å². The van der Waals surface area contributed by atoms with E-state index in [2.05, 4.69) is 0 Å². The molecule has 1 fully saturated rings. The lowest BCUT2D eigenvalue weighted by molar-refractivity contribution is 0.0864. The minimum absolute atomic E-state index is 0.0245. The first kappa shape index (κ1) is 17.2. The average Bonchev–Trinajstić information content (AvgIpc) is 2.52. The first-order valence-electron chi connectivity index (χ1n) is 7.26. The number of nitriles is 1. The molecule has 0 spiro atoms. The molecule has 0 aliphatic carbocycles. The predicted octanol–water partition coefficient (Wildman–Crippen LogP) is 2.65. The first-order valence-corrected chi connectivity index (χ1v) is 9.08. The van der Waals surface area contributed by atoms with E-state index in [1.165, 1.54) is 22.5 Å². The SMILES string of the molecule is CCOC[C@@H]1CCCN(S(=O)(=O)c2ccc(Cl)cc2C#N)C1. The molecule has 1 saturated heterocycles. The van der Waals surface area contributed by atoms with E-state index in [-0.39, 0.29) is 16.4 Å². The summed E-state index contributed by atoms with van der Waals surface area (Å²) in [6.07, 6.45) is 1.75. The van der Waals surface area contributed by atoms with Crippen LogP contribution in [0.5, 0.6) is 0 Å². The van der Waals surface area contributed by atoms with Gasteiger partial charge < -0.3 is 4.74 Å². The Morgan fingerprint density at radius 3 is 2.95 bits per heavy atom. The van der Waals surface area contributed by atoms with Crippen molar-refractivity contribution in [3.8, 4) is 6.07 Å². The third-order valence-electron chi connectivity index (χ3n) is 3.72. The van der Waals surface area contributed by atoms with Crippen molar-refractivity contribution in [2.75, 3.05) is 26.3 Å². The third-order valence-corrected chi connectivity index (χ3v) is 5.88. The molecule has 5 nitrogen and oxygen atoms in total. The van der Waals surface area contributed by atoms with E-state index in [0.717, 1.165) is 12.8 Å². The monoisotopic (exact) mass is 342 g/mol. The zero-order valence-electron chi connectivity index (χ0n) is 12.5. The molecule has 0 unspecified atom stereocenters. The van der Waals surface area contributed by atoms with Crippen molar-refractivity contribution in [3.63, 3.8) is 0 Å². The Morgan fingerprint density at radius 2 is 2.27 bits per heavy atom.